The second kappa shape index (κ2) is 7.60. The van der Waals surface area contributed by atoms with Gasteiger partial charge in [-0.3, -0.25) is 9.69 Å². The number of carbonyl (C=O) groups is 2. The van der Waals surface area contributed by atoms with Crippen LogP contribution in [0.2, 0.25) is 0 Å². The number of aliphatic hydroxyl groups is 1. The highest BCUT2D eigenvalue weighted by Crippen LogP contribution is 2.48. The zero-order valence-electron chi connectivity index (χ0n) is 15.7. The van der Waals surface area contributed by atoms with Crippen LogP contribution < -0.4 is 0 Å². The smallest absolute Gasteiger partial charge is 0.339 e. The number of nitrogens with zero attached hydrogens (tertiary/aromatic N) is 2. The summed E-state index contributed by atoms with van der Waals surface area (Å²) in [6.07, 6.45) is 4.62. The van der Waals surface area contributed by atoms with Crippen molar-refractivity contribution in [1.29, 1.82) is 0 Å². The molecule has 1 atom stereocenters. The molecule has 1 saturated carbocycles. The van der Waals surface area contributed by atoms with E-state index in [2.05, 4.69) is 4.90 Å². The molecule has 0 aromatic heterocycles. The zero-order chi connectivity index (χ0) is 18.9. The normalized spacial score (nSPS) is 25.1. The third kappa shape index (κ3) is 3.36. The van der Waals surface area contributed by atoms with Gasteiger partial charge in [0.2, 0.25) is 5.91 Å². The van der Waals surface area contributed by atoms with Crippen LogP contribution in [0.15, 0.2) is 24.3 Å². The van der Waals surface area contributed by atoms with E-state index in [1.165, 1.54) is 0 Å². The SMILES string of the molecule is O=C1OC2(CCCCC2)C(C(=O)N2CCN(CCO)CC2)c2ccccc21. The van der Waals surface area contributed by atoms with Crippen LogP contribution >= 0.6 is 0 Å². The summed E-state index contributed by atoms with van der Waals surface area (Å²) in [6.45, 7) is 3.64. The van der Waals surface area contributed by atoms with Crippen molar-refractivity contribution in [1.82, 2.24) is 9.80 Å². The number of fused-ring (bicyclic) bond motifs is 1. The molecule has 6 nitrogen and oxygen atoms in total. The quantitative estimate of drug-likeness (QED) is 0.819. The fourth-order valence-corrected chi connectivity index (χ4v) is 4.93. The van der Waals surface area contributed by atoms with Crippen molar-refractivity contribution in [2.75, 3.05) is 39.3 Å². The Morgan fingerprint density at radius 3 is 2.52 bits per heavy atom. The van der Waals surface area contributed by atoms with Gasteiger partial charge in [0, 0.05) is 32.7 Å². The van der Waals surface area contributed by atoms with Crippen LogP contribution in [0.5, 0.6) is 0 Å². The summed E-state index contributed by atoms with van der Waals surface area (Å²) in [4.78, 5) is 30.4. The Bertz CT molecular complexity index is 706. The molecular weight excluding hydrogens is 344 g/mol. The van der Waals surface area contributed by atoms with Gasteiger partial charge in [-0.05, 0) is 37.3 Å². The summed E-state index contributed by atoms with van der Waals surface area (Å²) < 4.78 is 6.00. The molecule has 2 fully saturated rings. The molecule has 1 saturated heterocycles. The van der Waals surface area contributed by atoms with Crippen molar-refractivity contribution >= 4 is 11.9 Å². The van der Waals surface area contributed by atoms with Gasteiger partial charge in [-0.25, -0.2) is 4.79 Å². The maximum atomic E-state index is 13.6. The molecule has 0 radical (unpaired) electrons. The lowest BCUT2D eigenvalue weighted by atomic mass is 9.69. The fraction of sp³-hybridized carbons (Fsp3) is 0.619. The summed E-state index contributed by atoms with van der Waals surface area (Å²) in [6, 6.07) is 7.44. The first-order chi connectivity index (χ1) is 13.1. The summed E-state index contributed by atoms with van der Waals surface area (Å²) in [7, 11) is 0. The summed E-state index contributed by atoms with van der Waals surface area (Å²) in [5.41, 5.74) is 0.674. The summed E-state index contributed by atoms with van der Waals surface area (Å²) in [5.74, 6) is -0.610. The van der Waals surface area contributed by atoms with Gasteiger partial charge in [-0.1, -0.05) is 24.6 Å². The standard InChI is InChI=1S/C21H28N2O4/c24-15-14-22-10-12-23(13-11-22)19(25)18-16-6-2-3-7-17(16)20(26)27-21(18)8-4-1-5-9-21/h2-3,6-7,18,24H,1,4-5,8-15H2. The molecule has 1 amide bonds. The lowest BCUT2D eigenvalue weighted by Gasteiger charge is -2.47. The van der Waals surface area contributed by atoms with E-state index < -0.39 is 11.5 Å². The number of rotatable bonds is 3. The number of hydrogen-bond donors (Lipinski definition) is 1. The molecule has 27 heavy (non-hydrogen) atoms. The van der Waals surface area contributed by atoms with Crippen LogP contribution in [0.4, 0.5) is 0 Å². The molecule has 1 N–H and O–H groups in total. The second-order valence-electron chi connectivity index (χ2n) is 7.93. The molecule has 1 aromatic carbocycles. The van der Waals surface area contributed by atoms with Crippen molar-refractivity contribution in [3.8, 4) is 0 Å². The topological polar surface area (TPSA) is 70.1 Å². The Hall–Kier alpha value is -1.92. The molecule has 1 unspecified atom stereocenters. The molecule has 1 aliphatic carbocycles. The van der Waals surface area contributed by atoms with Gasteiger partial charge in [0.15, 0.2) is 0 Å². The number of β-amino-alcohol motifs (C(OH)–C–C–N with tert-alkyl or cyclic N) is 1. The first-order valence-electron chi connectivity index (χ1n) is 10.1. The van der Waals surface area contributed by atoms with E-state index >= 15 is 0 Å². The number of hydrogen-bond acceptors (Lipinski definition) is 5. The number of benzene rings is 1. The number of amides is 1. The van der Waals surface area contributed by atoms with E-state index in [-0.39, 0.29) is 18.5 Å². The van der Waals surface area contributed by atoms with E-state index in [0.29, 0.717) is 25.2 Å². The molecule has 6 heteroatoms. The first kappa shape index (κ1) is 18.4. The van der Waals surface area contributed by atoms with Gasteiger partial charge < -0.3 is 14.7 Å². The predicted octanol–water partition coefficient (Wildman–Crippen LogP) is 1.78. The number of piperazine rings is 1. The minimum absolute atomic E-state index is 0.0838. The molecule has 1 spiro atoms. The number of esters is 1. The molecule has 3 aliphatic rings. The highest BCUT2D eigenvalue weighted by atomic mass is 16.6. The number of ether oxygens (including phenoxy) is 1. The third-order valence-electron chi connectivity index (χ3n) is 6.36. The summed E-state index contributed by atoms with van der Waals surface area (Å²) in [5, 5.41) is 9.13. The Balaban J connectivity index is 1.64. The van der Waals surface area contributed by atoms with Gasteiger partial charge >= 0.3 is 5.97 Å². The minimum Gasteiger partial charge on any atom is -0.454 e. The van der Waals surface area contributed by atoms with Crippen LogP contribution in [-0.4, -0.2) is 71.7 Å². The van der Waals surface area contributed by atoms with Gasteiger partial charge in [-0.2, -0.15) is 0 Å². The fourth-order valence-electron chi connectivity index (χ4n) is 4.93. The molecule has 1 aromatic rings. The number of carbonyl (C=O) groups excluding carboxylic acids is 2. The molecule has 4 rings (SSSR count). The lowest BCUT2D eigenvalue weighted by Crippen LogP contribution is -2.56. The summed E-state index contributed by atoms with van der Waals surface area (Å²) >= 11 is 0. The van der Waals surface area contributed by atoms with E-state index in [1.807, 2.05) is 23.1 Å². The third-order valence-corrected chi connectivity index (χ3v) is 6.36. The predicted molar refractivity (Wildman–Crippen MR) is 101 cm³/mol. The van der Waals surface area contributed by atoms with Crippen LogP contribution in [-0.2, 0) is 9.53 Å². The average molecular weight is 372 g/mol. The molecule has 2 aliphatic heterocycles. The maximum Gasteiger partial charge on any atom is 0.339 e. The minimum atomic E-state index is -0.691. The van der Waals surface area contributed by atoms with Crippen LogP contribution in [0.1, 0.15) is 53.9 Å². The van der Waals surface area contributed by atoms with E-state index in [9.17, 15) is 9.59 Å². The second-order valence-corrected chi connectivity index (χ2v) is 7.93. The molecule has 146 valence electrons. The largest absolute Gasteiger partial charge is 0.454 e. The van der Waals surface area contributed by atoms with Gasteiger partial charge in [0.1, 0.15) is 11.5 Å². The lowest BCUT2D eigenvalue weighted by molar-refractivity contribution is -0.145. The Labute approximate surface area is 160 Å². The van der Waals surface area contributed by atoms with Crippen molar-refractivity contribution in [3.05, 3.63) is 35.4 Å². The van der Waals surface area contributed by atoms with Crippen molar-refractivity contribution in [2.45, 2.75) is 43.6 Å². The van der Waals surface area contributed by atoms with Crippen LogP contribution in [0, 0.1) is 0 Å². The molecule has 2 heterocycles. The van der Waals surface area contributed by atoms with Crippen LogP contribution in [0.3, 0.4) is 0 Å². The Morgan fingerprint density at radius 2 is 1.81 bits per heavy atom. The van der Waals surface area contributed by atoms with E-state index in [0.717, 1.165) is 50.8 Å². The van der Waals surface area contributed by atoms with E-state index in [4.69, 9.17) is 9.84 Å². The van der Waals surface area contributed by atoms with Gasteiger partial charge in [0.05, 0.1) is 12.2 Å². The van der Waals surface area contributed by atoms with Crippen LogP contribution in [0.25, 0.3) is 0 Å². The molecular formula is C21H28N2O4. The van der Waals surface area contributed by atoms with Crippen molar-refractivity contribution in [2.24, 2.45) is 0 Å². The highest BCUT2D eigenvalue weighted by Gasteiger charge is 2.53. The van der Waals surface area contributed by atoms with Crippen molar-refractivity contribution in [3.63, 3.8) is 0 Å². The van der Waals surface area contributed by atoms with Gasteiger partial charge in [-0.15, -0.1) is 0 Å². The molecule has 0 bridgehead atoms. The van der Waals surface area contributed by atoms with Crippen molar-refractivity contribution < 1.29 is 19.4 Å². The average Bonchev–Trinajstić information content (AvgIpc) is 2.69. The number of aliphatic hydroxyl groups excluding tert-OH is 1. The Kier molecular flexibility index (Phi) is 5.19. The highest BCUT2D eigenvalue weighted by molar-refractivity contribution is 5.98. The Morgan fingerprint density at radius 1 is 1.11 bits per heavy atom. The zero-order valence-corrected chi connectivity index (χ0v) is 15.7. The monoisotopic (exact) mass is 372 g/mol. The maximum absolute atomic E-state index is 13.6. The first-order valence-corrected chi connectivity index (χ1v) is 10.1. The van der Waals surface area contributed by atoms with E-state index in [1.54, 1.807) is 6.07 Å². The van der Waals surface area contributed by atoms with Gasteiger partial charge in [0.25, 0.3) is 0 Å².